The minimum Gasteiger partial charge on any atom is -0.465 e. The van der Waals surface area contributed by atoms with Gasteiger partial charge in [0.1, 0.15) is 0 Å². The number of carbonyl (C=O) groups excluding carboxylic acids is 2. The van der Waals surface area contributed by atoms with Gasteiger partial charge in [-0.2, -0.15) is 0 Å². The molecule has 32 heavy (non-hydrogen) atoms. The van der Waals surface area contributed by atoms with Crippen LogP contribution in [0.3, 0.4) is 0 Å². The molecule has 0 aromatic heterocycles. The molecule has 0 aromatic rings. The zero-order valence-corrected chi connectivity index (χ0v) is 20.2. The third-order valence-electron chi connectivity index (χ3n) is 6.59. The van der Waals surface area contributed by atoms with Crippen LogP contribution in [0.4, 0.5) is 0 Å². The van der Waals surface area contributed by atoms with Gasteiger partial charge in [-0.1, -0.05) is 54.2 Å². The van der Waals surface area contributed by atoms with E-state index < -0.39 is 0 Å². The number of esters is 2. The number of rotatable bonds is 12. The van der Waals surface area contributed by atoms with E-state index in [1.165, 1.54) is 30.9 Å². The summed E-state index contributed by atoms with van der Waals surface area (Å²) in [5.41, 5.74) is 2.14. The zero-order valence-electron chi connectivity index (χ0n) is 20.2. The highest BCUT2D eigenvalue weighted by Crippen LogP contribution is 2.54. The second-order valence-electron chi connectivity index (χ2n) is 9.56. The van der Waals surface area contributed by atoms with E-state index >= 15 is 0 Å². The summed E-state index contributed by atoms with van der Waals surface area (Å²) in [6, 6.07) is 0. The average molecular weight is 441 g/mol. The monoisotopic (exact) mass is 440 g/mol. The molecule has 2 aliphatic carbocycles. The molecule has 2 bridgehead atoms. The highest BCUT2D eigenvalue weighted by Gasteiger charge is 2.46. The molecule has 0 heterocycles. The van der Waals surface area contributed by atoms with Gasteiger partial charge in [0.2, 0.25) is 0 Å². The van der Waals surface area contributed by atoms with Gasteiger partial charge < -0.3 is 9.47 Å². The summed E-state index contributed by atoms with van der Waals surface area (Å²) >= 11 is 0. The molecule has 2 fully saturated rings. The van der Waals surface area contributed by atoms with Gasteiger partial charge in [-0.25, -0.2) is 4.79 Å². The first-order valence-corrected chi connectivity index (χ1v) is 11.9. The Labute approximate surface area is 194 Å². The van der Waals surface area contributed by atoms with Crippen LogP contribution in [0.1, 0.15) is 59.8 Å². The van der Waals surface area contributed by atoms with Crippen molar-refractivity contribution >= 4 is 11.9 Å². The average Bonchev–Trinajstić information content (AvgIpc) is 3.33. The van der Waals surface area contributed by atoms with E-state index in [2.05, 4.69) is 6.58 Å². The second kappa shape index (κ2) is 13.2. The predicted octanol–water partition coefficient (Wildman–Crippen LogP) is 6.36. The summed E-state index contributed by atoms with van der Waals surface area (Å²) < 4.78 is 11.0. The first kappa shape index (κ1) is 25.9. The minimum atomic E-state index is -0.305. The molecule has 176 valence electrons. The van der Waals surface area contributed by atoms with E-state index in [1.807, 2.05) is 52.0 Å². The molecule has 0 amide bonds. The number of hydrogen-bond donors (Lipinski definition) is 0. The van der Waals surface area contributed by atoms with Crippen LogP contribution in [0.15, 0.2) is 60.3 Å². The van der Waals surface area contributed by atoms with Crippen LogP contribution in [0.2, 0.25) is 0 Å². The van der Waals surface area contributed by atoms with E-state index in [0.29, 0.717) is 25.0 Å². The van der Waals surface area contributed by atoms with Crippen LogP contribution in [0.25, 0.3) is 0 Å². The topological polar surface area (TPSA) is 52.6 Å². The standard InChI is InChI=1S/C28H40O4/c1-20(2)9-6-7-12-27(29)31-17-15-25-23-13-14-24(19-23)26(25)16-18-32-28(30)22(5)11-8-10-21(3)4/h6-12,22-26H,1,13-19H2,2-5H3/b9-6-,11-8-,12-7+. The molecule has 0 aromatic carbocycles. The summed E-state index contributed by atoms with van der Waals surface area (Å²) in [4.78, 5) is 24.2. The third-order valence-corrected chi connectivity index (χ3v) is 6.59. The molecule has 0 aliphatic heterocycles. The van der Waals surface area contributed by atoms with Crippen molar-refractivity contribution < 1.29 is 19.1 Å². The Kier molecular flexibility index (Phi) is 10.7. The molecule has 0 spiro atoms. The lowest BCUT2D eigenvalue weighted by Crippen LogP contribution is -2.26. The van der Waals surface area contributed by atoms with Gasteiger partial charge in [-0.3, -0.25) is 4.79 Å². The van der Waals surface area contributed by atoms with Crippen molar-refractivity contribution in [1.29, 1.82) is 0 Å². The lowest BCUT2D eigenvalue weighted by atomic mass is 9.76. The molecule has 0 saturated heterocycles. The lowest BCUT2D eigenvalue weighted by molar-refractivity contribution is -0.147. The van der Waals surface area contributed by atoms with E-state index in [1.54, 1.807) is 12.2 Å². The van der Waals surface area contributed by atoms with Gasteiger partial charge in [0.25, 0.3) is 0 Å². The van der Waals surface area contributed by atoms with Crippen LogP contribution in [0.5, 0.6) is 0 Å². The molecule has 2 rings (SSSR count). The van der Waals surface area contributed by atoms with Crippen molar-refractivity contribution in [3.05, 3.63) is 60.3 Å². The first-order valence-electron chi connectivity index (χ1n) is 11.9. The van der Waals surface area contributed by atoms with Crippen LogP contribution in [-0.4, -0.2) is 25.2 Å². The Bertz CT molecular complexity index is 766. The molecule has 0 N–H and O–H groups in total. The number of carbonyl (C=O) groups is 2. The van der Waals surface area contributed by atoms with E-state index in [-0.39, 0.29) is 17.9 Å². The van der Waals surface area contributed by atoms with Crippen LogP contribution in [-0.2, 0) is 19.1 Å². The van der Waals surface area contributed by atoms with E-state index in [4.69, 9.17) is 9.47 Å². The largest absolute Gasteiger partial charge is 0.465 e. The number of ether oxygens (including phenoxy) is 2. The Hall–Kier alpha value is -2.36. The van der Waals surface area contributed by atoms with E-state index in [0.717, 1.165) is 30.3 Å². The van der Waals surface area contributed by atoms with Crippen molar-refractivity contribution in [3.8, 4) is 0 Å². The Morgan fingerprint density at radius 3 is 2.12 bits per heavy atom. The maximum atomic E-state index is 12.3. The van der Waals surface area contributed by atoms with Gasteiger partial charge in [0.05, 0.1) is 19.1 Å². The molecular weight excluding hydrogens is 400 g/mol. The van der Waals surface area contributed by atoms with E-state index in [9.17, 15) is 9.59 Å². The maximum Gasteiger partial charge on any atom is 0.330 e. The predicted molar refractivity (Wildman–Crippen MR) is 130 cm³/mol. The minimum absolute atomic E-state index is 0.162. The number of hydrogen-bond acceptors (Lipinski definition) is 4. The van der Waals surface area contributed by atoms with Crippen molar-refractivity contribution in [2.45, 2.75) is 59.8 Å². The summed E-state index contributed by atoms with van der Waals surface area (Å²) in [5, 5.41) is 0. The fraction of sp³-hybridized carbons (Fsp3) is 0.571. The number of allylic oxidation sites excluding steroid dienone is 7. The fourth-order valence-electron chi connectivity index (χ4n) is 5.05. The molecule has 5 unspecified atom stereocenters. The third kappa shape index (κ3) is 8.64. The molecule has 4 nitrogen and oxygen atoms in total. The fourth-order valence-corrected chi connectivity index (χ4v) is 5.05. The van der Waals surface area contributed by atoms with Gasteiger partial charge in [0, 0.05) is 6.08 Å². The van der Waals surface area contributed by atoms with Gasteiger partial charge in [-0.05, 0) is 83.5 Å². The maximum absolute atomic E-state index is 12.3. The molecule has 4 heteroatoms. The molecule has 5 atom stereocenters. The summed E-state index contributed by atoms with van der Waals surface area (Å²) in [7, 11) is 0. The molecule has 2 saturated carbocycles. The lowest BCUT2D eigenvalue weighted by Gasteiger charge is -2.31. The van der Waals surface area contributed by atoms with Gasteiger partial charge >= 0.3 is 11.9 Å². The van der Waals surface area contributed by atoms with Crippen LogP contribution < -0.4 is 0 Å². The Morgan fingerprint density at radius 2 is 1.53 bits per heavy atom. The molecular formula is C28H40O4. The van der Waals surface area contributed by atoms with Crippen molar-refractivity contribution in [2.24, 2.45) is 29.6 Å². The molecule has 2 aliphatic rings. The summed E-state index contributed by atoms with van der Waals surface area (Å²) in [5.74, 6) is 1.86. The van der Waals surface area contributed by atoms with Gasteiger partial charge in [0.15, 0.2) is 0 Å². The highest BCUT2D eigenvalue weighted by molar-refractivity contribution is 5.82. The zero-order chi connectivity index (χ0) is 23.5. The second-order valence-corrected chi connectivity index (χ2v) is 9.56. The Balaban J connectivity index is 1.75. The van der Waals surface area contributed by atoms with Crippen LogP contribution >= 0.6 is 0 Å². The summed E-state index contributed by atoms with van der Waals surface area (Å²) in [6.07, 6.45) is 18.2. The first-order chi connectivity index (χ1) is 15.3. The van der Waals surface area contributed by atoms with Crippen molar-refractivity contribution in [3.63, 3.8) is 0 Å². The quantitative estimate of drug-likeness (QED) is 0.201. The van der Waals surface area contributed by atoms with Crippen molar-refractivity contribution in [1.82, 2.24) is 0 Å². The number of fused-ring (bicyclic) bond motifs is 2. The Morgan fingerprint density at radius 1 is 0.938 bits per heavy atom. The SMILES string of the molecule is C=C(C)/C=C\C=C\C(=O)OCCC1C2CCC(C2)C1CCOC(=O)C(C)/C=C\C=C(C)C. The molecule has 0 radical (unpaired) electrons. The summed E-state index contributed by atoms with van der Waals surface area (Å²) in [6.45, 7) is 12.5. The van der Waals surface area contributed by atoms with Crippen molar-refractivity contribution in [2.75, 3.05) is 13.2 Å². The highest BCUT2D eigenvalue weighted by atomic mass is 16.5. The smallest absolute Gasteiger partial charge is 0.330 e. The van der Waals surface area contributed by atoms with Crippen LogP contribution in [0, 0.1) is 29.6 Å². The normalized spacial score (nSPS) is 25.5. The van der Waals surface area contributed by atoms with Gasteiger partial charge in [-0.15, -0.1) is 0 Å².